The molecule has 1 unspecified atom stereocenters. The number of hydrogen-bond acceptors (Lipinski definition) is 3. The number of carbonyl (C=O) groups is 2. The molecule has 0 radical (unpaired) electrons. The van der Waals surface area contributed by atoms with Crippen LogP contribution in [0.1, 0.15) is 24.2 Å². The smallest absolute Gasteiger partial charge is 0.237 e. The molecule has 0 saturated carbocycles. The van der Waals surface area contributed by atoms with Crippen LogP contribution in [0.25, 0.3) is 0 Å². The van der Waals surface area contributed by atoms with Gasteiger partial charge in [0, 0.05) is 21.2 Å². The van der Waals surface area contributed by atoms with E-state index in [-0.39, 0.29) is 16.9 Å². The third-order valence-electron chi connectivity index (χ3n) is 3.03. The van der Waals surface area contributed by atoms with Gasteiger partial charge in [0.1, 0.15) is 0 Å². The molecule has 2 aromatic carbocycles. The highest BCUT2D eigenvalue weighted by atomic mass is 35.5. The van der Waals surface area contributed by atoms with Crippen molar-refractivity contribution in [3.05, 3.63) is 59.1 Å². The van der Waals surface area contributed by atoms with Gasteiger partial charge in [-0.05, 0) is 50.2 Å². The Bertz CT molecular complexity index is 685. The lowest BCUT2D eigenvalue weighted by Gasteiger charge is -2.12. The maximum Gasteiger partial charge on any atom is 0.237 e. The maximum atomic E-state index is 12.2. The molecule has 0 heterocycles. The van der Waals surface area contributed by atoms with E-state index in [0.29, 0.717) is 16.3 Å². The molecular weight excluding hydrogens is 318 g/mol. The summed E-state index contributed by atoms with van der Waals surface area (Å²) in [6, 6.07) is 14.3. The lowest BCUT2D eigenvalue weighted by molar-refractivity contribution is -0.115. The van der Waals surface area contributed by atoms with E-state index in [2.05, 4.69) is 5.32 Å². The van der Waals surface area contributed by atoms with E-state index in [1.54, 1.807) is 36.4 Å². The van der Waals surface area contributed by atoms with Crippen molar-refractivity contribution in [1.29, 1.82) is 0 Å². The normalized spacial score (nSPS) is 11.8. The van der Waals surface area contributed by atoms with Crippen LogP contribution in [0, 0.1) is 0 Å². The van der Waals surface area contributed by atoms with E-state index in [0.717, 1.165) is 4.90 Å². The van der Waals surface area contributed by atoms with Crippen molar-refractivity contribution in [1.82, 2.24) is 0 Å². The van der Waals surface area contributed by atoms with Gasteiger partial charge < -0.3 is 5.32 Å². The van der Waals surface area contributed by atoms with Gasteiger partial charge in [0.2, 0.25) is 5.91 Å². The van der Waals surface area contributed by atoms with Crippen LogP contribution in [-0.4, -0.2) is 16.9 Å². The first-order valence-electron chi connectivity index (χ1n) is 6.80. The first-order valence-corrected chi connectivity index (χ1v) is 8.05. The summed E-state index contributed by atoms with van der Waals surface area (Å²) in [5, 5.41) is 3.24. The van der Waals surface area contributed by atoms with Crippen molar-refractivity contribution < 1.29 is 9.59 Å². The molecule has 2 aromatic rings. The number of Topliss-reactive ketones (excluding diaryl/α,β-unsaturated/α-hetero) is 1. The van der Waals surface area contributed by atoms with E-state index < -0.39 is 0 Å². The quantitative estimate of drug-likeness (QED) is 0.639. The Labute approximate surface area is 139 Å². The summed E-state index contributed by atoms with van der Waals surface area (Å²) in [7, 11) is 0. The highest BCUT2D eigenvalue weighted by molar-refractivity contribution is 8.00. The van der Waals surface area contributed by atoms with Crippen LogP contribution in [0.5, 0.6) is 0 Å². The first kappa shape index (κ1) is 16.6. The van der Waals surface area contributed by atoms with E-state index in [1.807, 2.05) is 19.1 Å². The lowest BCUT2D eigenvalue weighted by atomic mass is 10.1. The topological polar surface area (TPSA) is 46.2 Å². The predicted molar refractivity (Wildman–Crippen MR) is 91.8 cm³/mol. The zero-order valence-electron chi connectivity index (χ0n) is 12.3. The molecule has 0 fully saturated rings. The third-order valence-corrected chi connectivity index (χ3v) is 4.40. The minimum Gasteiger partial charge on any atom is -0.325 e. The van der Waals surface area contributed by atoms with E-state index in [9.17, 15) is 9.59 Å². The van der Waals surface area contributed by atoms with Crippen LogP contribution in [0.4, 0.5) is 5.69 Å². The monoisotopic (exact) mass is 333 g/mol. The third kappa shape index (κ3) is 4.61. The number of amides is 1. The minimum atomic E-state index is -0.262. The Hall–Kier alpha value is -1.78. The van der Waals surface area contributed by atoms with E-state index in [4.69, 9.17) is 11.6 Å². The molecule has 2 rings (SSSR count). The molecule has 3 nitrogen and oxygen atoms in total. The largest absolute Gasteiger partial charge is 0.325 e. The first-order chi connectivity index (χ1) is 10.5. The van der Waals surface area contributed by atoms with Crippen LogP contribution in [0.15, 0.2) is 53.4 Å². The number of rotatable bonds is 5. The zero-order chi connectivity index (χ0) is 16.1. The van der Waals surface area contributed by atoms with Gasteiger partial charge >= 0.3 is 0 Å². The van der Waals surface area contributed by atoms with Crippen molar-refractivity contribution in [2.45, 2.75) is 24.0 Å². The average molecular weight is 334 g/mol. The highest BCUT2D eigenvalue weighted by Gasteiger charge is 2.15. The molecule has 1 atom stereocenters. The number of thioether (sulfide) groups is 1. The molecule has 0 aliphatic carbocycles. The molecule has 0 spiro atoms. The van der Waals surface area contributed by atoms with Gasteiger partial charge in [0.15, 0.2) is 5.78 Å². The number of benzene rings is 2. The van der Waals surface area contributed by atoms with Gasteiger partial charge in [0.05, 0.1) is 5.25 Å². The molecule has 0 aliphatic heterocycles. The molecule has 0 bridgehead atoms. The molecule has 114 valence electrons. The van der Waals surface area contributed by atoms with E-state index >= 15 is 0 Å². The Kier molecular flexibility index (Phi) is 5.63. The predicted octanol–water partition coefficient (Wildman–Crippen LogP) is 4.66. The molecule has 1 N–H and O–H groups in total. The summed E-state index contributed by atoms with van der Waals surface area (Å²) in [4.78, 5) is 24.6. The fraction of sp³-hybridized carbons (Fsp3) is 0.176. The van der Waals surface area contributed by atoms with Gasteiger partial charge in [-0.2, -0.15) is 0 Å². The fourth-order valence-electron chi connectivity index (χ4n) is 1.83. The van der Waals surface area contributed by atoms with Crippen LogP contribution in [0.2, 0.25) is 5.02 Å². The zero-order valence-corrected chi connectivity index (χ0v) is 13.9. The average Bonchev–Trinajstić information content (AvgIpc) is 2.49. The summed E-state index contributed by atoms with van der Waals surface area (Å²) in [5.74, 6) is -0.139. The van der Waals surface area contributed by atoms with Crippen molar-refractivity contribution in [2.24, 2.45) is 0 Å². The molecule has 5 heteroatoms. The van der Waals surface area contributed by atoms with Gasteiger partial charge in [-0.3, -0.25) is 9.59 Å². The van der Waals surface area contributed by atoms with Gasteiger partial charge in [-0.1, -0.05) is 23.7 Å². The lowest BCUT2D eigenvalue weighted by Crippen LogP contribution is -2.22. The van der Waals surface area contributed by atoms with Gasteiger partial charge in [-0.25, -0.2) is 0 Å². The second kappa shape index (κ2) is 7.47. The molecule has 0 saturated heterocycles. The molecule has 0 aromatic heterocycles. The van der Waals surface area contributed by atoms with Crippen LogP contribution in [-0.2, 0) is 4.79 Å². The SMILES string of the molecule is CC(=O)c1cccc(NC(=O)C(C)Sc2ccc(Cl)cc2)c1. The number of hydrogen-bond donors (Lipinski definition) is 1. The van der Waals surface area contributed by atoms with Crippen LogP contribution < -0.4 is 5.32 Å². The van der Waals surface area contributed by atoms with Crippen molar-refractivity contribution in [3.8, 4) is 0 Å². The molecule has 22 heavy (non-hydrogen) atoms. The maximum absolute atomic E-state index is 12.2. The Balaban J connectivity index is 2.00. The fourth-order valence-corrected chi connectivity index (χ4v) is 2.82. The van der Waals surface area contributed by atoms with Crippen molar-refractivity contribution >= 4 is 40.7 Å². The summed E-state index contributed by atoms with van der Waals surface area (Å²) >= 11 is 7.29. The number of nitrogens with one attached hydrogen (secondary N) is 1. The Morgan fingerprint density at radius 1 is 1.14 bits per heavy atom. The Morgan fingerprint density at radius 2 is 1.82 bits per heavy atom. The molecule has 0 aliphatic rings. The Morgan fingerprint density at radius 3 is 2.45 bits per heavy atom. The van der Waals surface area contributed by atoms with Crippen LogP contribution in [0.3, 0.4) is 0 Å². The second-order valence-electron chi connectivity index (χ2n) is 4.84. The van der Waals surface area contributed by atoms with Crippen molar-refractivity contribution in [2.75, 3.05) is 5.32 Å². The van der Waals surface area contributed by atoms with Gasteiger partial charge in [0.25, 0.3) is 0 Å². The number of carbonyl (C=O) groups excluding carboxylic acids is 2. The second-order valence-corrected chi connectivity index (χ2v) is 6.69. The standard InChI is InChI=1S/C17H16ClNO2S/c1-11(20)13-4-3-5-15(10-13)19-17(21)12(2)22-16-8-6-14(18)7-9-16/h3-10,12H,1-2H3,(H,19,21). The highest BCUT2D eigenvalue weighted by Crippen LogP contribution is 2.25. The molecule has 1 amide bonds. The van der Waals surface area contributed by atoms with Crippen molar-refractivity contribution in [3.63, 3.8) is 0 Å². The number of ketones is 1. The summed E-state index contributed by atoms with van der Waals surface area (Å²) in [6.07, 6.45) is 0. The summed E-state index contributed by atoms with van der Waals surface area (Å²) < 4.78 is 0. The molecular formula is C17H16ClNO2S. The number of halogens is 1. The van der Waals surface area contributed by atoms with E-state index in [1.165, 1.54) is 18.7 Å². The van der Waals surface area contributed by atoms with Gasteiger partial charge in [-0.15, -0.1) is 11.8 Å². The summed E-state index contributed by atoms with van der Waals surface area (Å²) in [6.45, 7) is 3.34. The number of anilines is 1. The van der Waals surface area contributed by atoms with Crippen LogP contribution >= 0.6 is 23.4 Å². The minimum absolute atomic E-state index is 0.0281. The summed E-state index contributed by atoms with van der Waals surface area (Å²) in [5.41, 5.74) is 1.21.